The summed E-state index contributed by atoms with van der Waals surface area (Å²) >= 11 is 0. The Hall–Kier alpha value is -0.590. The molecule has 0 spiro atoms. The van der Waals surface area contributed by atoms with Crippen molar-refractivity contribution in [3.63, 3.8) is 0 Å². The van der Waals surface area contributed by atoms with Crippen molar-refractivity contribution in [3.8, 4) is 6.07 Å². The van der Waals surface area contributed by atoms with E-state index in [1.54, 1.807) is 13.8 Å². The average Bonchev–Trinajstić information content (AvgIpc) is 1.67. The maximum Gasteiger partial charge on any atom is 0.102 e. The van der Waals surface area contributed by atoms with Crippen LogP contribution in [0.2, 0.25) is 0 Å². The van der Waals surface area contributed by atoms with Crippen LogP contribution in [0.25, 0.3) is 0 Å². The zero-order chi connectivity index (χ0) is 6.62. The lowest BCUT2D eigenvalue weighted by Gasteiger charge is -2.13. The second-order valence-corrected chi connectivity index (χ2v) is 2.07. The number of aliphatic hydroxyl groups excluding tert-OH is 1. The minimum absolute atomic E-state index is 0.152. The van der Waals surface area contributed by atoms with Crippen LogP contribution in [-0.4, -0.2) is 17.4 Å². The van der Waals surface area contributed by atoms with Gasteiger partial charge in [-0.15, -0.1) is 0 Å². The molecule has 3 heteroatoms. The molecule has 0 rings (SSSR count). The number of aliphatic hydroxyl groups is 1. The third kappa shape index (κ3) is 2.56. The number of hydrogen-bond acceptors (Lipinski definition) is 3. The van der Waals surface area contributed by atoms with Gasteiger partial charge in [0.2, 0.25) is 0 Å². The Labute approximate surface area is 48.9 Å². The predicted octanol–water partition coefficient (Wildman–Crippen LogP) is -0.172. The maximum absolute atomic E-state index is 8.30. The first-order valence-corrected chi connectivity index (χ1v) is 2.39. The van der Waals surface area contributed by atoms with E-state index in [1.807, 2.05) is 6.07 Å². The molecule has 0 bridgehead atoms. The van der Waals surface area contributed by atoms with Crippen LogP contribution in [0.1, 0.15) is 13.8 Å². The summed E-state index contributed by atoms with van der Waals surface area (Å²) in [6.07, 6.45) is 0. The number of rotatable bonds is 2. The summed E-state index contributed by atoms with van der Waals surface area (Å²) in [4.78, 5) is 0. The smallest absolute Gasteiger partial charge is 0.102 e. The number of hydrogen-bond donors (Lipinski definition) is 2. The van der Waals surface area contributed by atoms with E-state index >= 15 is 0 Å². The van der Waals surface area contributed by atoms with Gasteiger partial charge in [0.25, 0.3) is 0 Å². The molecule has 3 nitrogen and oxygen atoms in total. The standard InChI is InChI=1S/C5H10N2O/c1-5(2,3-6)7-4-8/h7-8H,4H2,1-2H3. The fourth-order valence-electron chi connectivity index (χ4n) is 0.237. The first-order chi connectivity index (χ1) is 3.62. The fourth-order valence-corrected chi connectivity index (χ4v) is 0.237. The molecule has 0 atom stereocenters. The van der Waals surface area contributed by atoms with Crippen molar-refractivity contribution in [2.24, 2.45) is 0 Å². The van der Waals surface area contributed by atoms with E-state index in [4.69, 9.17) is 10.4 Å². The van der Waals surface area contributed by atoms with Crippen LogP contribution >= 0.6 is 0 Å². The number of nitrogens with zero attached hydrogens (tertiary/aromatic N) is 1. The highest BCUT2D eigenvalue weighted by molar-refractivity contribution is 4.98. The Bertz CT molecular complexity index is 103. The van der Waals surface area contributed by atoms with E-state index in [2.05, 4.69) is 5.32 Å². The molecule has 0 saturated heterocycles. The molecule has 0 aromatic heterocycles. The Kier molecular flexibility index (Phi) is 2.46. The van der Waals surface area contributed by atoms with Crippen LogP contribution in [0, 0.1) is 11.3 Å². The minimum atomic E-state index is -0.602. The first-order valence-electron chi connectivity index (χ1n) is 2.39. The van der Waals surface area contributed by atoms with E-state index in [0.717, 1.165) is 0 Å². The van der Waals surface area contributed by atoms with Gasteiger partial charge in [-0.25, -0.2) is 0 Å². The Morgan fingerprint density at radius 3 is 2.38 bits per heavy atom. The molecule has 0 aliphatic carbocycles. The van der Waals surface area contributed by atoms with Crippen molar-refractivity contribution >= 4 is 0 Å². The Morgan fingerprint density at radius 1 is 1.75 bits per heavy atom. The minimum Gasteiger partial charge on any atom is -0.381 e. The molecule has 0 unspecified atom stereocenters. The molecule has 0 fully saturated rings. The summed E-state index contributed by atoms with van der Waals surface area (Å²) in [5.41, 5.74) is -0.602. The number of nitrogens with one attached hydrogen (secondary N) is 1. The highest BCUT2D eigenvalue weighted by atomic mass is 16.3. The Morgan fingerprint density at radius 2 is 2.25 bits per heavy atom. The summed E-state index contributed by atoms with van der Waals surface area (Å²) < 4.78 is 0. The summed E-state index contributed by atoms with van der Waals surface area (Å²) in [6, 6.07) is 1.97. The van der Waals surface area contributed by atoms with Crippen molar-refractivity contribution in [3.05, 3.63) is 0 Å². The van der Waals surface area contributed by atoms with Gasteiger partial charge in [0.15, 0.2) is 0 Å². The molecule has 0 aromatic rings. The maximum atomic E-state index is 8.30. The van der Waals surface area contributed by atoms with Gasteiger partial charge >= 0.3 is 0 Å². The molecule has 46 valence electrons. The van der Waals surface area contributed by atoms with Crippen LogP contribution in [-0.2, 0) is 0 Å². The van der Waals surface area contributed by atoms with Crippen LogP contribution in [0.15, 0.2) is 0 Å². The first kappa shape index (κ1) is 7.41. The van der Waals surface area contributed by atoms with Gasteiger partial charge in [0.05, 0.1) is 12.8 Å². The molecule has 2 N–H and O–H groups in total. The monoisotopic (exact) mass is 114 g/mol. The predicted molar refractivity (Wildman–Crippen MR) is 29.9 cm³/mol. The van der Waals surface area contributed by atoms with Crippen molar-refractivity contribution in [2.75, 3.05) is 6.73 Å². The lowest BCUT2D eigenvalue weighted by Crippen LogP contribution is -2.37. The third-order valence-corrected chi connectivity index (χ3v) is 0.801. The highest BCUT2D eigenvalue weighted by Crippen LogP contribution is 1.95. The second kappa shape index (κ2) is 2.65. The van der Waals surface area contributed by atoms with Gasteiger partial charge in [-0.1, -0.05) is 0 Å². The number of nitriles is 1. The quantitative estimate of drug-likeness (QED) is 0.490. The largest absolute Gasteiger partial charge is 0.381 e. The normalized spacial score (nSPS) is 10.8. The molecule has 0 heterocycles. The van der Waals surface area contributed by atoms with Gasteiger partial charge in [-0.2, -0.15) is 5.26 Å². The van der Waals surface area contributed by atoms with Crippen LogP contribution < -0.4 is 5.32 Å². The lowest BCUT2D eigenvalue weighted by molar-refractivity contribution is 0.231. The fraction of sp³-hybridized carbons (Fsp3) is 0.800. The van der Waals surface area contributed by atoms with Gasteiger partial charge in [-0.05, 0) is 13.8 Å². The average molecular weight is 114 g/mol. The van der Waals surface area contributed by atoms with E-state index in [0.29, 0.717) is 0 Å². The summed E-state index contributed by atoms with van der Waals surface area (Å²) in [5, 5.41) is 19.1. The van der Waals surface area contributed by atoms with Gasteiger partial charge < -0.3 is 5.11 Å². The molecule has 0 saturated carbocycles. The van der Waals surface area contributed by atoms with E-state index in [1.165, 1.54) is 0 Å². The summed E-state index contributed by atoms with van der Waals surface area (Å²) in [6.45, 7) is 3.24. The Balaban J connectivity index is 3.59. The third-order valence-electron chi connectivity index (χ3n) is 0.801. The van der Waals surface area contributed by atoms with Crippen molar-refractivity contribution < 1.29 is 5.11 Å². The van der Waals surface area contributed by atoms with E-state index in [-0.39, 0.29) is 6.73 Å². The van der Waals surface area contributed by atoms with Crippen LogP contribution in [0.5, 0.6) is 0 Å². The molecule has 0 aromatic carbocycles. The molecule has 0 aliphatic rings. The summed E-state index contributed by atoms with van der Waals surface area (Å²) in [7, 11) is 0. The van der Waals surface area contributed by atoms with Gasteiger partial charge in [0.1, 0.15) is 5.54 Å². The second-order valence-electron chi connectivity index (χ2n) is 2.07. The molecule has 0 radical (unpaired) electrons. The zero-order valence-corrected chi connectivity index (χ0v) is 5.10. The van der Waals surface area contributed by atoms with Crippen molar-refractivity contribution in [2.45, 2.75) is 19.4 Å². The van der Waals surface area contributed by atoms with Crippen LogP contribution in [0.3, 0.4) is 0 Å². The van der Waals surface area contributed by atoms with Gasteiger partial charge in [0, 0.05) is 0 Å². The molecule has 0 amide bonds. The zero-order valence-electron chi connectivity index (χ0n) is 5.10. The van der Waals surface area contributed by atoms with Gasteiger partial charge in [-0.3, -0.25) is 5.32 Å². The SMILES string of the molecule is CC(C)(C#N)NCO. The summed E-state index contributed by atoms with van der Waals surface area (Å²) in [5.74, 6) is 0. The molecule has 0 aliphatic heterocycles. The molecular formula is C5H10N2O. The highest BCUT2D eigenvalue weighted by Gasteiger charge is 2.12. The van der Waals surface area contributed by atoms with Crippen LogP contribution in [0.4, 0.5) is 0 Å². The molecular weight excluding hydrogens is 104 g/mol. The van der Waals surface area contributed by atoms with E-state index < -0.39 is 5.54 Å². The van der Waals surface area contributed by atoms with E-state index in [9.17, 15) is 0 Å². The topological polar surface area (TPSA) is 56.0 Å². The lowest BCUT2D eigenvalue weighted by atomic mass is 10.1. The van der Waals surface area contributed by atoms with Crippen molar-refractivity contribution in [1.82, 2.24) is 5.32 Å². The van der Waals surface area contributed by atoms with Crippen molar-refractivity contribution in [1.29, 1.82) is 5.26 Å². The molecule has 8 heavy (non-hydrogen) atoms.